The number of benzene rings is 2. The molecule has 0 saturated heterocycles. The van der Waals surface area contributed by atoms with Crippen molar-refractivity contribution in [1.29, 1.82) is 0 Å². The molecule has 1 aliphatic rings. The summed E-state index contributed by atoms with van der Waals surface area (Å²) in [6.45, 7) is 1.55. The molecule has 1 saturated carbocycles. The Kier molecular flexibility index (Phi) is 5.87. The molecule has 3 rings (SSSR count). The van der Waals surface area contributed by atoms with E-state index in [9.17, 15) is 9.59 Å². The van der Waals surface area contributed by atoms with Crippen molar-refractivity contribution in [2.45, 2.75) is 38.0 Å². The highest BCUT2D eigenvalue weighted by Crippen LogP contribution is 2.43. The molecule has 2 N–H and O–H groups in total. The SMILES string of the molecule is COc1cc(C2(C(=O)Nc3cccc(OCC(=O)O)c3)CCCC2)ccc1C. The van der Waals surface area contributed by atoms with Crippen LogP contribution in [0, 0.1) is 6.92 Å². The molecule has 0 aromatic heterocycles. The lowest BCUT2D eigenvalue weighted by Gasteiger charge is -2.29. The van der Waals surface area contributed by atoms with Crippen LogP contribution in [0.15, 0.2) is 42.5 Å². The van der Waals surface area contributed by atoms with E-state index in [0.717, 1.165) is 42.6 Å². The maximum absolute atomic E-state index is 13.3. The fraction of sp³-hybridized carbons (Fsp3) is 0.364. The van der Waals surface area contributed by atoms with E-state index in [0.29, 0.717) is 11.4 Å². The number of rotatable bonds is 7. The fourth-order valence-electron chi connectivity index (χ4n) is 3.80. The van der Waals surface area contributed by atoms with Crippen molar-refractivity contribution in [2.75, 3.05) is 19.0 Å². The highest BCUT2D eigenvalue weighted by molar-refractivity contribution is 5.99. The quantitative estimate of drug-likeness (QED) is 0.757. The molecule has 0 bridgehead atoms. The van der Waals surface area contributed by atoms with Crippen molar-refractivity contribution in [3.63, 3.8) is 0 Å². The Morgan fingerprint density at radius 3 is 2.57 bits per heavy atom. The number of carbonyl (C=O) groups is 2. The summed E-state index contributed by atoms with van der Waals surface area (Å²) in [6.07, 6.45) is 3.54. The molecule has 2 aromatic rings. The predicted octanol–water partition coefficient (Wildman–Crippen LogP) is 3.92. The maximum atomic E-state index is 13.3. The standard InChI is InChI=1S/C22H25NO5/c1-15-8-9-16(12-19(15)27-2)22(10-3-4-11-22)21(26)23-17-6-5-7-18(13-17)28-14-20(24)25/h5-9,12-13H,3-4,10-11,14H2,1-2H3,(H,23,26)(H,24,25). The molecule has 0 aliphatic heterocycles. The van der Waals surface area contributed by atoms with Crippen LogP contribution in [0.1, 0.15) is 36.8 Å². The molecule has 6 heteroatoms. The van der Waals surface area contributed by atoms with Crippen LogP contribution in [-0.4, -0.2) is 30.7 Å². The molecule has 2 aromatic carbocycles. The molecule has 0 atom stereocenters. The molecule has 1 fully saturated rings. The van der Waals surface area contributed by atoms with Gasteiger partial charge >= 0.3 is 5.97 Å². The second kappa shape index (κ2) is 8.33. The second-order valence-electron chi connectivity index (χ2n) is 7.14. The summed E-state index contributed by atoms with van der Waals surface area (Å²) < 4.78 is 10.7. The van der Waals surface area contributed by atoms with Crippen molar-refractivity contribution in [3.05, 3.63) is 53.6 Å². The van der Waals surface area contributed by atoms with Crippen molar-refractivity contribution >= 4 is 17.6 Å². The van der Waals surface area contributed by atoms with E-state index >= 15 is 0 Å². The van der Waals surface area contributed by atoms with E-state index in [4.69, 9.17) is 14.6 Å². The maximum Gasteiger partial charge on any atom is 0.341 e. The van der Waals surface area contributed by atoms with Gasteiger partial charge in [-0.3, -0.25) is 4.79 Å². The monoisotopic (exact) mass is 383 g/mol. The Balaban J connectivity index is 1.84. The number of carboxylic acid groups (broad SMARTS) is 1. The number of hydrogen-bond acceptors (Lipinski definition) is 4. The number of carboxylic acids is 1. The molecular formula is C22H25NO5. The fourth-order valence-corrected chi connectivity index (χ4v) is 3.80. The van der Waals surface area contributed by atoms with Gasteiger partial charge in [0.1, 0.15) is 11.5 Å². The highest BCUT2D eigenvalue weighted by atomic mass is 16.5. The van der Waals surface area contributed by atoms with E-state index in [2.05, 4.69) is 5.32 Å². The minimum Gasteiger partial charge on any atom is -0.496 e. The van der Waals surface area contributed by atoms with Gasteiger partial charge in [0.05, 0.1) is 12.5 Å². The van der Waals surface area contributed by atoms with Gasteiger partial charge in [0.15, 0.2) is 6.61 Å². The summed E-state index contributed by atoms with van der Waals surface area (Å²) in [5.41, 5.74) is 1.98. The smallest absolute Gasteiger partial charge is 0.341 e. The van der Waals surface area contributed by atoms with Crippen LogP contribution in [0.25, 0.3) is 0 Å². The van der Waals surface area contributed by atoms with E-state index in [1.807, 2.05) is 25.1 Å². The first-order valence-electron chi connectivity index (χ1n) is 9.36. The highest BCUT2D eigenvalue weighted by Gasteiger charge is 2.43. The molecule has 28 heavy (non-hydrogen) atoms. The number of methoxy groups -OCH3 is 1. The number of aryl methyl sites for hydroxylation is 1. The molecule has 6 nitrogen and oxygen atoms in total. The van der Waals surface area contributed by atoms with Gasteiger partial charge in [-0.15, -0.1) is 0 Å². The number of anilines is 1. The van der Waals surface area contributed by atoms with Crippen molar-refractivity contribution in [1.82, 2.24) is 0 Å². The second-order valence-corrected chi connectivity index (χ2v) is 7.14. The van der Waals surface area contributed by atoms with E-state index in [1.165, 1.54) is 0 Å². The number of amides is 1. The normalized spacial score (nSPS) is 15.1. The topological polar surface area (TPSA) is 84.9 Å². The lowest BCUT2D eigenvalue weighted by atomic mass is 9.77. The number of ether oxygens (including phenoxy) is 2. The van der Waals surface area contributed by atoms with Crippen molar-refractivity contribution in [2.24, 2.45) is 0 Å². The third kappa shape index (κ3) is 4.11. The van der Waals surface area contributed by atoms with Crippen molar-refractivity contribution in [3.8, 4) is 11.5 Å². The van der Waals surface area contributed by atoms with Gasteiger partial charge in [0, 0.05) is 11.8 Å². The van der Waals surface area contributed by atoms with Gasteiger partial charge in [-0.05, 0) is 49.1 Å². The lowest BCUT2D eigenvalue weighted by Crippen LogP contribution is -2.38. The summed E-state index contributed by atoms with van der Waals surface area (Å²) in [5.74, 6) is 0.0669. The zero-order valence-electron chi connectivity index (χ0n) is 16.2. The van der Waals surface area contributed by atoms with Crippen LogP contribution in [0.2, 0.25) is 0 Å². The molecule has 0 radical (unpaired) electrons. The molecule has 0 unspecified atom stereocenters. The summed E-state index contributed by atoms with van der Waals surface area (Å²) in [4.78, 5) is 24.0. The van der Waals surface area contributed by atoms with Crippen LogP contribution in [0.4, 0.5) is 5.69 Å². The van der Waals surface area contributed by atoms with Gasteiger partial charge in [0.2, 0.25) is 5.91 Å². The number of carbonyl (C=O) groups excluding carboxylic acids is 1. The minimum absolute atomic E-state index is 0.0636. The third-order valence-corrected chi connectivity index (χ3v) is 5.31. The minimum atomic E-state index is -1.05. The Bertz CT molecular complexity index is 871. The zero-order valence-corrected chi connectivity index (χ0v) is 16.2. The van der Waals surface area contributed by atoms with E-state index in [-0.39, 0.29) is 5.91 Å². The Labute approximate surface area is 164 Å². The summed E-state index contributed by atoms with van der Waals surface area (Å²) in [6, 6.07) is 12.8. The number of aliphatic carboxylic acids is 1. The number of hydrogen-bond donors (Lipinski definition) is 2. The Hall–Kier alpha value is -3.02. The largest absolute Gasteiger partial charge is 0.496 e. The molecule has 148 valence electrons. The zero-order chi connectivity index (χ0) is 20.1. The molecule has 1 aliphatic carbocycles. The van der Waals surface area contributed by atoms with Crippen LogP contribution < -0.4 is 14.8 Å². The van der Waals surface area contributed by atoms with Gasteiger partial charge in [-0.25, -0.2) is 4.79 Å². The lowest BCUT2D eigenvalue weighted by molar-refractivity contribution is -0.139. The van der Waals surface area contributed by atoms with Gasteiger partial charge in [-0.2, -0.15) is 0 Å². The van der Waals surface area contributed by atoms with Crippen molar-refractivity contribution < 1.29 is 24.2 Å². The first-order chi connectivity index (χ1) is 13.4. The molecule has 1 amide bonds. The average molecular weight is 383 g/mol. The van der Waals surface area contributed by atoms with Gasteiger partial charge in [0.25, 0.3) is 0 Å². The third-order valence-electron chi connectivity index (χ3n) is 5.31. The Morgan fingerprint density at radius 1 is 1.14 bits per heavy atom. The molecule has 0 heterocycles. The van der Waals surface area contributed by atoms with E-state index < -0.39 is 18.0 Å². The van der Waals surface area contributed by atoms with Crippen LogP contribution in [0.5, 0.6) is 11.5 Å². The first-order valence-corrected chi connectivity index (χ1v) is 9.36. The summed E-state index contributed by atoms with van der Waals surface area (Å²) in [7, 11) is 1.64. The average Bonchev–Trinajstić information content (AvgIpc) is 3.18. The number of nitrogens with one attached hydrogen (secondary N) is 1. The molecular weight excluding hydrogens is 358 g/mol. The van der Waals surface area contributed by atoms with Crippen LogP contribution >= 0.6 is 0 Å². The van der Waals surface area contributed by atoms with E-state index in [1.54, 1.807) is 31.4 Å². The molecule has 0 spiro atoms. The van der Waals surface area contributed by atoms with Gasteiger partial charge in [-0.1, -0.05) is 31.0 Å². The summed E-state index contributed by atoms with van der Waals surface area (Å²) in [5, 5.41) is 11.7. The first kappa shape index (κ1) is 19.7. The van der Waals surface area contributed by atoms with Crippen LogP contribution in [0.3, 0.4) is 0 Å². The Morgan fingerprint density at radius 2 is 1.89 bits per heavy atom. The predicted molar refractivity (Wildman–Crippen MR) is 106 cm³/mol. The van der Waals surface area contributed by atoms with Crippen LogP contribution in [-0.2, 0) is 15.0 Å². The summed E-state index contributed by atoms with van der Waals surface area (Å²) >= 11 is 0. The van der Waals surface area contributed by atoms with Gasteiger partial charge < -0.3 is 19.9 Å².